The molecule has 2 N–H and O–H groups in total. The fourth-order valence-electron chi connectivity index (χ4n) is 2.78. The maximum absolute atomic E-state index is 12.9. The van der Waals surface area contributed by atoms with Crippen molar-refractivity contribution in [3.05, 3.63) is 46.4 Å². The Balaban J connectivity index is 1.58. The van der Waals surface area contributed by atoms with E-state index < -0.39 is 0 Å². The van der Waals surface area contributed by atoms with E-state index in [1.54, 1.807) is 16.4 Å². The number of carbonyl (C=O) groups excluding carboxylic acids is 1. The topological polar surface area (TPSA) is 93.8 Å². The number of carbonyl (C=O) groups is 1. The number of nitrogens with zero attached hydrogens (tertiary/aromatic N) is 4. The van der Waals surface area contributed by atoms with Crippen molar-refractivity contribution in [3.8, 4) is 5.69 Å². The first-order chi connectivity index (χ1) is 14.4. The highest BCUT2D eigenvalue weighted by molar-refractivity contribution is 8.01. The number of rotatable bonds is 9. The van der Waals surface area contributed by atoms with Gasteiger partial charge in [0.1, 0.15) is 5.69 Å². The summed E-state index contributed by atoms with van der Waals surface area (Å²) >= 11 is 2.96. The molecule has 0 saturated heterocycles. The van der Waals surface area contributed by atoms with Crippen LogP contribution in [0.25, 0.3) is 5.69 Å². The minimum atomic E-state index is -0.243. The summed E-state index contributed by atoms with van der Waals surface area (Å²) in [6.45, 7) is 6.92. The van der Waals surface area contributed by atoms with Gasteiger partial charge in [-0.2, -0.15) is 0 Å². The average molecular weight is 447 g/mol. The van der Waals surface area contributed by atoms with E-state index in [4.69, 9.17) is 0 Å². The molecule has 0 aliphatic rings. The van der Waals surface area contributed by atoms with Crippen LogP contribution in [0.1, 0.15) is 26.0 Å². The number of amides is 1. The molecule has 1 aromatic carbocycles. The van der Waals surface area contributed by atoms with Crippen LogP contribution in [0.5, 0.6) is 0 Å². The van der Waals surface area contributed by atoms with Gasteiger partial charge in [0.25, 0.3) is 5.56 Å². The van der Waals surface area contributed by atoms with Crippen molar-refractivity contribution >= 4 is 39.8 Å². The minimum absolute atomic E-state index is 0.198. The highest BCUT2D eigenvalue weighted by atomic mass is 32.2. The number of anilines is 2. The molecule has 160 valence electrons. The van der Waals surface area contributed by atoms with Crippen molar-refractivity contribution in [1.29, 1.82) is 0 Å². The zero-order chi connectivity index (χ0) is 21.7. The lowest BCUT2D eigenvalue weighted by Gasteiger charge is -2.07. The highest BCUT2D eigenvalue weighted by Crippen LogP contribution is 2.26. The molecule has 0 saturated carbocycles. The van der Waals surface area contributed by atoms with Gasteiger partial charge in [-0.05, 0) is 25.0 Å². The maximum Gasteiger partial charge on any atom is 0.295 e. The normalized spacial score (nSPS) is 11.1. The van der Waals surface area contributed by atoms with Crippen LogP contribution in [0, 0.1) is 12.8 Å². The van der Waals surface area contributed by atoms with Crippen LogP contribution < -0.4 is 16.2 Å². The van der Waals surface area contributed by atoms with Crippen molar-refractivity contribution in [1.82, 2.24) is 19.6 Å². The Bertz CT molecular complexity index is 1060. The van der Waals surface area contributed by atoms with Crippen LogP contribution in [0.3, 0.4) is 0 Å². The lowest BCUT2D eigenvalue weighted by molar-refractivity contribution is -0.115. The molecule has 0 spiro atoms. The number of benzene rings is 1. The number of aromatic nitrogens is 4. The maximum atomic E-state index is 12.9. The monoisotopic (exact) mass is 446 g/mol. The summed E-state index contributed by atoms with van der Waals surface area (Å²) in [7, 11) is 1.80. The fraction of sp³-hybridized carbons (Fsp3) is 0.400. The van der Waals surface area contributed by atoms with E-state index in [1.165, 1.54) is 23.1 Å². The third-order valence-electron chi connectivity index (χ3n) is 4.44. The summed E-state index contributed by atoms with van der Waals surface area (Å²) in [5.41, 5.74) is 1.52. The van der Waals surface area contributed by atoms with Gasteiger partial charge in [0.05, 0.1) is 11.4 Å². The Hall–Kier alpha value is -2.59. The molecule has 0 fully saturated rings. The van der Waals surface area contributed by atoms with E-state index in [0.29, 0.717) is 23.1 Å². The number of thioether (sulfide) groups is 1. The Morgan fingerprint density at radius 1 is 1.23 bits per heavy atom. The number of para-hydroxylation sites is 1. The first-order valence-corrected chi connectivity index (χ1v) is 11.5. The van der Waals surface area contributed by atoms with E-state index in [9.17, 15) is 9.59 Å². The van der Waals surface area contributed by atoms with Crippen molar-refractivity contribution in [2.75, 3.05) is 22.9 Å². The highest BCUT2D eigenvalue weighted by Gasteiger charge is 2.18. The predicted octanol–water partition coefficient (Wildman–Crippen LogP) is 3.52. The third kappa shape index (κ3) is 5.31. The summed E-state index contributed by atoms with van der Waals surface area (Å²) in [4.78, 5) is 25.3. The smallest absolute Gasteiger partial charge is 0.295 e. The largest absolute Gasteiger partial charge is 0.360 e. The lowest BCUT2D eigenvalue weighted by atomic mass is 10.2. The fourth-order valence-corrected chi connectivity index (χ4v) is 4.54. The molecule has 0 aliphatic carbocycles. The molecule has 0 atom stereocenters. The SMILES string of the molecule is Cc1c(NC(=O)CCSc2nnc(NCC(C)C)s2)c(=O)n(-c2ccccc2)n1C. The standard InChI is InChI=1S/C20H26N6O2S2/c1-13(2)12-21-19-23-24-20(30-19)29-11-10-16(27)22-17-14(3)25(4)26(18(17)28)15-8-6-5-7-9-15/h5-9,13H,10-12H2,1-4H3,(H,21,23)(H,22,27). The summed E-state index contributed by atoms with van der Waals surface area (Å²) < 4.78 is 4.11. The molecule has 2 aromatic heterocycles. The van der Waals surface area contributed by atoms with Crippen LogP contribution in [-0.4, -0.2) is 37.8 Å². The number of hydrogen-bond donors (Lipinski definition) is 2. The Labute approximate surface area is 183 Å². The molecule has 3 aromatic rings. The van der Waals surface area contributed by atoms with E-state index in [2.05, 4.69) is 34.7 Å². The quantitative estimate of drug-likeness (QED) is 0.489. The van der Waals surface area contributed by atoms with Gasteiger partial charge in [-0.15, -0.1) is 10.2 Å². The van der Waals surface area contributed by atoms with Crippen LogP contribution in [0.2, 0.25) is 0 Å². The molecule has 8 nitrogen and oxygen atoms in total. The summed E-state index contributed by atoms with van der Waals surface area (Å²) in [6, 6.07) is 9.35. The second kappa shape index (κ2) is 9.94. The van der Waals surface area contributed by atoms with Crippen LogP contribution >= 0.6 is 23.1 Å². The summed E-state index contributed by atoms with van der Waals surface area (Å²) in [5.74, 6) is 0.890. The lowest BCUT2D eigenvalue weighted by Crippen LogP contribution is -2.23. The molecule has 2 heterocycles. The molecule has 0 radical (unpaired) electrons. The molecule has 0 unspecified atom stereocenters. The summed E-state index contributed by atoms with van der Waals surface area (Å²) in [6.07, 6.45) is 0.276. The van der Waals surface area contributed by atoms with Crippen LogP contribution in [-0.2, 0) is 11.8 Å². The number of hydrogen-bond acceptors (Lipinski definition) is 7. The molecule has 0 aliphatic heterocycles. The molecule has 3 rings (SSSR count). The van der Waals surface area contributed by atoms with E-state index in [0.717, 1.165) is 21.7 Å². The first-order valence-electron chi connectivity index (χ1n) is 9.71. The van der Waals surface area contributed by atoms with Crippen LogP contribution in [0.4, 0.5) is 10.8 Å². The zero-order valence-corrected chi connectivity index (χ0v) is 19.1. The van der Waals surface area contributed by atoms with Gasteiger partial charge in [0.15, 0.2) is 4.34 Å². The van der Waals surface area contributed by atoms with Gasteiger partial charge >= 0.3 is 0 Å². The van der Waals surface area contributed by atoms with E-state index in [1.807, 2.05) is 37.3 Å². The zero-order valence-electron chi connectivity index (χ0n) is 17.5. The molecule has 30 heavy (non-hydrogen) atoms. The van der Waals surface area contributed by atoms with Crippen LogP contribution in [0.15, 0.2) is 39.5 Å². The van der Waals surface area contributed by atoms with Gasteiger partial charge in [-0.3, -0.25) is 14.3 Å². The van der Waals surface area contributed by atoms with Crippen molar-refractivity contribution in [3.63, 3.8) is 0 Å². The predicted molar refractivity (Wildman–Crippen MR) is 123 cm³/mol. The second-order valence-electron chi connectivity index (χ2n) is 7.23. The average Bonchev–Trinajstić information content (AvgIpc) is 3.25. The minimum Gasteiger partial charge on any atom is -0.360 e. The summed E-state index contributed by atoms with van der Waals surface area (Å²) in [5, 5.41) is 15.1. The Morgan fingerprint density at radius 3 is 2.67 bits per heavy atom. The Kier molecular flexibility index (Phi) is 7.33. The second-order valence-corrected chi connectivity index (χ2v) is 9.55. The molecular weight excluding hydrogens is 420 g/mol. The van der Waals surface area contributed by atoms with Gasteiger partial charge < -0.3 is 10.6 Å². The van der Waals surface area contributed by atoms with Gasteiger partial charge in [-0.1, -0.05) is 55.1 Å². The van der Waals surface area contributed by atoms with Gasteiger partial charge in [0.2, 0.25) is 11.0 Å². The molecule has 10 heteroatoms. The Morgan fingerprint density at radius 2 is 1.97 bits per heavy atom. The molecule has 0 bridgehead atoms. The third-order valence-corrected chi connectivity index (χ3v) is 6.46. The number of nitrogens with one attached hydrogen (secondary N) is 2. The van der Waals surface area contributed by atoms with Crippen molar-refractivity contribution in [2.24, 2.45) is 13.0 Å². The van der Waals surface area contributed by atoms with E-state index in [-0.39, 0.29) is 17.9 Å². The first kappa shape index (κ1) is 22.1. The molecule has 1 amide bonds. The molecular formula is C20H26N6O2S2. The van der Waals surface area contributed by atoms with E-state index >= 15 is 0 Å². The van der Waals surface area contributed by atoms with Crippen molar-refractivity contribution in [2.45, 2.75) is 31.5 Å². The van der Waals surface area contributed by atoms with Gasteiger partial charge in [0, 0.05) is 25.8 Å². The van der Waals surface area contributed by atoms with Crippen molar-refractivity contribution < 1.29 is 4.79 Å². The van der Waals surface area contributed by atoms with Gasteiger partial charge in [-0.25, -0.2) is 4.68 Å².